The lowest BCUT2D eigenvalue weighted by Gasteiger charge is -2.35. The molecule has 0 spiro atoms. The standard InChI is InChI=1S/C19H24ClN5O/c1-13(2)21-19-22-14(3)12-17(23-19)24-8-10-25(11-9-24)18(26)15-4-6-16(20)7-5-15/h4-7,12-13H,8-11H2,1-3H3,(H,21,22,23). The molecule has 0 radical (unpaired) electrons. The van der Waals surface area contributed by atoms with Gasteiger partial charge in [-0.25, -0.2) is 4.98 Å². The number of aryl methyl sites for hydroxylation is 1. The zero-order valence-electron chi connectivity index (χ0n) is 15.4. The van der Waals surface area contributed by atoms with E-state index < -0.39 is 0 Å². The van der Waals surface area contributed by atoms with Crippen molar-refractivity contribution in [3.8, 4) is 0 Å². The SMILES string of the molecule is Cc1cc(N2CCN(C(=O)c3ccc(Cl)cc3)CC2)nc(NC(C)C)n1. The second-order valence-corrected chi connectivity index (χ2v) is 7.21. The Hall–Kier alpha value is -2.34. The quantitative estimate of drug-likeness (QED) is 0.891. The Morgan fingerprint density at radius 3 is 2.38 bits per heavy atom. The van der Waals surface area contributed by atoms with Gasteiger partial charge in [0.15, 0.2) is 0 Å². The van der Waals surface area contributed by atoms with E-state index in [1.165, 1.54) is 0 Å². The van der Waals surface area contributed by atoms with E-state index in [0.29, 0.717) is 29.6 Å². The van der Waals surface area contributed by atoms with Crippen LogP contribution in [0.25, 0.3) is 0 Å². The summed E-state index contributed by atoms with van der Waals surface area (Å²) >= 11 is 5.90. The van der Waals surface area contributed by atoms with E-state index in [2.05, 4.69) is 34.0 Å². The van der Waals surface area contributed by atoms with Crippen LogP contribution in [-0.2, 0) is 0 Å². The molecule has 3 rings (SSSR count). The number of benzene rings is 1. The van der Waals surface area contributed by atoms with Gasteiger partial charge in [-0.05, 0) is 45.0 Å². The Kier molecular flexibility index (Phi) is 5.61. The second-order valence-electron chi connectivity index (χ2n) is 6.78. The number of aromatic nitrogens is 2. The first-order chi connectivity index (χ1) is 12.4. The number of carbonyl (C=O) groups is 1. The van der Waals surface area contributed by atoms with Crippen molar-refractivity contribution >= 4 is 29.3 Å². The summed E-state index contributed by atoms with van der Waals surface area (Å²) in [4.78, 5) is 25.7. The molecule has 1 fully saturated rings. The lowest BCUT2D eigenvalue weighted by atomic mass is 10.2. The van der Waals surface area contributed by atoms with Crippen LogP contribution >= 0.6 is 11.6 Å². The first kappa shape index (κ1) is 18.5. The lowest BCUT2D eigenvalue weighted by Crippen LogP contribution is -2.49. The topological polar surface area (TPSA) is 61.4 Å². The molecule has 1 aromatic heterocycles. The smallest absolute Gasteiger partial charge is 0.253 e. The van der Waals surface area contributed by atoms with Crippen LogP contribution < -0.4 is 10.2 Å². The lowest BCUT2D eigenvalue weighted by molar-refractivity contribution is 0.0746. The zero-order valence-corrected chi connectivity index (χ0v) is 16.1. The van der Waals surface area contributed by atoms with Crippen LogP contribution in [0.3, 0.4) is 0 Å². The fourth-order valence-electron chi connectivity index (χ4n) is 2.95. The van der Waals surface area contributed by atoms with Crippen LogP contribution in [0.15, 0.2) is 30.3 Å². The van der Waals surface area contributed by atoms with Crippen LogP contribution in [0, 0.1) is 6.92 Å². The minimum absolute atomic E-state index is 0.0438. The molecule has 1 aromatic carbocycles. The first-order valence-corrected chi connectivity index (χ1v) is 9.22. The first-order valence-electron chi connectivity index (χ1n) is 8.84. The third kappa shape index (κ3) is 4.43. The van der Waals surface area contributed by atoms with Gasteiger partial charge in [0.25, 0.3) is 5.91 Å². The highest BCUT2D eigenvalue weighted by Gasteiger charge is 2.23. The molecule has 0 unspecified atom stereocenters. The molecule has 0 aliphatic carbocycles. The van der Waals surface area contributed by atoms with E-state index in [9.17, 15) is 4.79 Å². The van der Waals surface area contributed by atoms with Gasteiger partial charge in [-0.15, -0.1) is 0 Å². The number of amides is 1. The van der Waals surface area contributed by atoms with Gasteiger partial charge in [-0.1, -0.05) is 11.6 Å². The fourth-order valence-corrected chi connectivity index (χ4v) is 3.08. The molecule has 6 nitrogen and oxygen atoms in total. The Morgan fingerprint density at radius 1 is 1.12 bits per heavy atom. The Morgan fingerprint density at radius 2 is 1.77 bits per heavy atom. The van der Waals surface area contributed by atoms with Gasteiger partial charge in [0, 0.05) is 54.6 Å². The number of nitrogens with zero attached hydrogens (tertiary/aromatic N) is 4. The van der Waals surface area contributed by atoms with Gasteiger partial charge < -0.3 is 15.1 Å². The summed E-state index contributed by atoms with van der Waals surface area (Å²) in [5.41, 5.74) is 1.60. The normalized spacial score (nSPS) is 14.7. The summed E-state index contributed by atoms with van der Waals surface area (Å²) in [6.45, 7) is 8.92. The molecule has 1 aliphatic rings. The minimum atomic E-state index is 0.0438. The highest BCUT2D eigenvalue weighted by molar-refractivity contribution is 6.30. The maximum atomic E-state index is 12.6. The van der Waals surface area contributed by atoms with Crippen LogP contribution in [-0.4, -0.2) is 53.0 Å². The number of hydrogen-bond acceptors (Lipinski definition) is 5. The third-order valence-electron chi connectivity index (χ3n) is 4.24. The molecular weight excluding hydrogens is 350 g/mol. The summed E-state index contributed by atoms with van der Waals surface area (Å²) in [5.74, 6) is 1.59. The molecule has 0 saturated carbocycles. The summed E-state index contributed by atoms with van der Waals surface area (Å²) < 4.78 is 0. The summed E-state index contributed by atoms with van der Waals surface area (Å²) in [6, 6.07) is 9.31. The van der Waals surface area contributed by atoms with Crippen molar-refractivity contribution in [3.05, 3.63) is 46.6 Å². The van der Waals surface area contributed by atoms with Crippen molar-refractivity contribution in [2.45, 2.75) is 26.8 Å². The van der Waals surface area contributed by atoms with E-state index in [1.54, 1.807) is 24.3 Å². The van der Waals surface area contributed by atoms with E-state index in [0.717, 1.165) is 24.6 Å². The van der Waals surface area contributed by atoms with E-state index in [-0.39, 0.29) is 11.9 Å². The van der Waals surface area contributed by atoms with Crippen molar-refractivity contribution in [3.63, 3.8) is 0 Å². The molecule has 1 aliphatic heterocycles. The number of carbonyl (C=O) groups excluding carboxylic acids is 1. The van der Waals surface area contributed by atoms with Crippen molar-refractivity contribution in [1.82, 2.24) is 14.9 Å². The number of nitrogens with one attached hydrogen (secondary N) is 1. The maximum Gasteiger partial charge on any atom is 0.253 e. The zero-order chi connectivity index (χ0) is 18.7. The van der Waals surface area contributed by atoms with E-state index in [1.807, 2.05) is 17.9 Å². The van der Waals surface area contributed by atoms with Gasteiger partial charge in [-0.2, -0.15) is 4.98 Å². The molecule has 0 bridgehead atoms. The number of anilines is 2. The van der Waals surface area contributed by atoms with Gasteiger partial charge in [0.05, 0.1) is 0 Å². The van der Waals surface area contributed by atoms with Crippen LogP contribution in [0.5, 0.6) is 0 Å². The minimum Gasteiger partial charge on any atom is -0.353 e. The number of piperazine rings is 1. The molecule has 138 valence electrons. The van der Waals surface area contributed by atoms with Gasteiger partial charge in [0.2, 0.25) is 5.95 Å². The second kappa shape index (κ2) is 7.91. The summed E-state index contributed by atoms with van der Waals surface area (Å²) in [6.07, 6.45) is 0. The summed E-state index contributed by atoms with van der Waals surface area (Å²) in [7, 11) is 0. The third-order valence-corrected chi connectivity index (χ3v) is 4.49. The molecular formula is C19H24ClN5O. The van der Waals surface area contributed by atoms with Crippen LogP contribution in [0.1, 0.15) is 29.9 Å². The van der Waals surface area contributed by atoms with Crippen molar-refractivity contribution in [2.75, 3.05) is 36.4 Å². The average Bonchev–Trinajstić information content (AvgIpc) is 2.61. The maximum absolute atomic E-state index is 12.6. The van der Waals surface area contributed by atoms with Crippen LogP contribution in [0.4, 0.5) is 11.8 Å². The molecule has 7 heteroatoms. The molecule has 1 amide bonds. The fraction of sp³-hybridized carbons (Fsp3) is 0.421. The Balaban J connectivity index is 1.65. The molecule has 2 heterocycles. The average molecular weight is 374 g/mol. The monoisotopic (exact) mass is 373 g/mol. The van der Waals surface area contributed by atoms with E-state index in [4.69, 9.17) is 11.6 Å². The molecule has 0 atom stereocenters. The summed E-state index contributed by atoms with van der Waals surface area (Å²) in [5, 5.41) is 3.89. The van der Waals surface area contributed by atoms with Crippen molar-refractivity contribution in [2.24, 2.45) is 0 Å². The van der Waals surface area contributed by atoms with Gasteiger partial charge in [0.1, 0.15) is 5.82 Å². The van der Waals surface area contributed by atoms with Crippen molar-refractivity contribution < 1.29 is 4.79 Å². The highest BCUT2D eigenvalue weighted by atomic mass is 35.5. The number of rotatable bonds is 4. The van der Waals surface area contributed by atoms with Gasteiger partial charge >= 0.3 is 0 Å². The number of hydrogen-bond donors (Lipinski definition) is 1. The van der Waals surface area contributed by atoms with Crippen molar-refractivity contribution in [1.29, 1.82) is 0 Å². The molecule has 2 aromatic rings. The largest absolute Gasteiger partial charge is 0.353 e. The molecule has 26 heavy (non-hydrogen) atoms. The molecule has 1 saturated heterocycles. The highest BCUT2D eigenvalue weighted by Crippen LogP contribution is 2.19. The van der Waals surface area contributed by atoms with Crippen LogP contribution in [0.2, 0.25) is 5.02 Å². The molecule has 1 N–H and O–H groups in total. The Bertz CT molecular complexity index is 770. The number of halogens is 1. The van der Waals surface area contributed by atoms with E-state index >= 15 is 0 Å². The Labute approximate surface area is 159 Å². The van der Waals surface area contributed by atoms with Gasteiger partial charge in [-0.3, -0.25) is 4.79 Å². The predicted octanol–water partition coefficient (Wildman–Crippen LogP) is 3.22. The predicted molar refractivity (Wildman–Crippen MR) is 105 cm³/mol.